The van der Waals surface area contributed by atoms with E-state index in [0.717, 1.165) is 22.5 Å². The number of aromatic nitrogens is 2. The van der Waals surface area contributed by atoms with E-state index in [2.05, 4.69) is 237 Å². The highest BCUT2D eigenvalue weighted by Gasteiger charge is 2.19. The number of para-hydroxylation sites is 1. The molecule has 1 aromatic heterocycles. The number of rotatable bonds is 5. The van der Waals surface area contributed by atoms with Crippen LogP contribution in [0, 0.1) is 13.8 Å². The number of imidazole rings is 1. The maximum Gasteiger partial charge on any atom is 0.111 e. The maximum atomic E-state index is 5.06. The van der Waals surface area contributed by atoms with Crippen LogP contribution < -0.4 is 0 Å². The van der Waals surface area contributed by atoms with Crippen molar-refractivity contribution >= 4 is 75.7 Å². The van der Waals surface area contributed by atoms with Gasteiger partial charge < -0.3 is 0 Å². The van der Waals surface area contributed by atoms with Crippen molar-refractivity contribution in [1.29, 1.82) is 0 Å². The van der Waals surface area contributed by atoms with Crippen molar-refractivity contribution in [3.05, 3.63) is 230 Å². The summed E-state index contributed by atoms with van der Waals surface area (Å²) in [6.07, 6.45) is 0. The normalized spacial score (nSPS) is 11.8. The van der Waals surface area contributed by atoms with Crippen molar-refractivity contribution < 1.29 is 0 Å². The van der Waals surface area contributed by atoms with Gasteiger partial charge in [-0.25, -0.2) is 4.98 Å². The Bertz CT molecular complexity index is 4010. The molecule has 0 bridgehead atoms. The van der Waals surface area contributed by atoms with Crippen LogP contribution >= 0.6 is 0 Å². The highest BCUT2D eigenvalue weighted by molar-refractivity contribution is 6.23. The summed E-state index contributed by atoms with van der Waals surface area (Å²) in [6, 6.07) is 80.5. The van der Waals surface area contributed by atoms with Gasteiger partial charge in [-0.1, -0.05) is 188 Å². The number of benzene rings is 12. The summed E-state index contributed by atoms with van der Waals surface area (Å²) >= 11 is 0. The van der Waals surface area contributed by atoms with E-state index in [9.17, 15) is 0 Å². The number of hydrogen-bond acceptors (Lipinski definition) is 1. The molecular formula is C63H42N2. The zero-order valence-electron chi connectivity index (χ0n) is 36.2. The molecule has 0 aliphatic rings. The second-order valence-corrected chi connectivity index (χ2v) is 17.5. The van der Waals surface area contributed by atoms with E-state index < -0.39 is 0 Å². The molecule has 304 valence electrons. The predicted molar refractivity (Wildman–Crippen MR) is 277 cm³/mol. The van der Waals surface area contributed by atoms with Gasteiger partial charge >= 0.3 is 0 Å². The van der Waals surface area contributed by atoms with Gasteiger partial charge in [0.25, 0.3) is 0 Å². The molecule has 0 fully saturated rings. The first-order valence-electron chi connectivity index (χ1n) is 22.5. The van der Waals surface area contributed by atoms with E-state index in [-0.39, 0.29) is 0 Å². The van der Waals surface area contributed by atoms with Gasteiger partial charge in [-0.15, -0.1) is 0 Å². The van der Waals surface area contributed by atoms with Gasteiger partial charge in [-0.2, -0.15) is 0 Å². The summed E-state index contributed by atoms with van der Waals surface area (Å²) in [6.45, 7) is 4.32. The molecule has 2 heteroatoms. The molecule has 0 spiro atoms. The average molecular weight is 827 g/mol. The van der Waals surface area contributed by atoms with Crippen molar-refractivity contribution in [2.45, 2.75) is 13.8 Å². The Balaban J connectivity index is 0.915. The molecule has 0 aliphatic carbocycles. The van der Waals surface area contributed by atoms with E-state index in [0.29, 0.717) is 0 Å². The molecule has 65 heavy (non-hydrogen) atoms. The smallest absolute Gasteiger partial charge is 0.111 e. The fourth-order valence-corrected chi connectivity index (χ4v) is 10.9. The maximum absolute atomic E-state index is 5.06. The third-order valence-corrected chi connectivity index (χ3v) is 13.8. The molecule has 0 radical (unpaired) electrons. The predicted octanol–water partition coefficient (Wildman–Crippen LogP) is 17.2. The SMILES string of the molecule is Cc1cccc2ccc3cccc(-c4cccc5ccc6cc(-c7ccc(-c8c9ccccc9c(-c9ccc%10c(c9)nc(C)n%10-c9ccccc9)c9ccccc89)cc7)ccc6c45)c3c12. The van der Waals surface area contributed by atoms with Crippen LogP contribution in [0.5, 0.6) is 0 Å². The first-order chi connectivity index (χ1) is 32.1. The van der Waals surface area contributed by atoms with Gasteiger partial charge in [-0.05, 0) is 159 Å². The Morgan fingerprint density at radius 1 is 0.338 bits per heavy atom. The van der Waals surface area contributed by atoms with E-state index in [4.69, 9.17) is 4.98 Å². The molecule has 0 saturated carbocycles. The molecule has 2 nitrogen and oxygen atoms in total. The first kappa shape index (κ1) is 37.2. The molecule has 0 saturated heterocycles. The minimum Gasteiger partial charge on any atom is -0.297 e. The van der Waals surface area contributed by atoms with Gasteiger partial charge in [0, 0.05) is 5.69 Å². The van der Waals surface area contributed by atoms with Crippen LogP contribution in [0.15, 0.2) is 218 Å². The van der Waals surface area contributed by atoms with Gasteiger partial charge in [0.15, 0.2) is 0 Å². The third-order valence-electron chi connectivity index (χ3n) is 13.8. The van der Waals surface area contributed by atoms with Crippen molar-refractivity contribution in [1.82, 2.24) is 9.55 Å². The molecule has 13 aromatic rings. The monoisotopic (exact) mass is 826 g/mol. The van der Waals surface area contributed by atoms with Crippen LogP contribution in [-0.4, -0.2) is 9.55 Å². The first-order valence-corrected chi connectivity index (χ1v) is 22.5. The topological polar surface area (TPSA) is 17.8 Å². The van der Waals surface area contributed by atoms with Crippen LogP contribution in [0.3, 0.4) is 0 Å². The van der Waals surface area contributed by atoms with Crippen LogP contribution in [0.4, 0.5) is 0 Å². The minimum absolute atomic E-state index is 0.976. The van der Waals surface area contributed by atoms with Gasteiger partial charge in [0.1, 0.15) is 5.82 Å². The highest BCUT2D eigenvalue weighted by atomic mass is 15.1. The third kappa shape index (κ3) is 5.84. The Kier molecular flexibility index (Phi) is 8.38. The summed E-state index contributed by atoms with van der Waals surface area (Å²) in [7, 11) is 0. The van der Waals surface area contributed by atoms with E-state index in [1.165, 1.54) is 115 Å². The summed E-state index contributed by atoms with van der Waals surface area (Å²) in [5.41, 5.74) is 14.3. The lowest BCUT2D eigenvalue weighted by molar-refractivity contribution is 1.00. The Morgan fingerprint density at radius 3 is 1.54 bits per heavy atom. The fourth-order valence-electron chi connectivity index (χ4n) is 10.9. The summed E-state index contributed by atoms with van der Waals surface area (Å²) in [5.74, 6) is 0.976. The lowest BCUT2D eigenvalue weighted by Crippen LogP contribution is -1.96. The second-order valence-electron chi connectivity index (χ2n) is 17.5. The molecule has 12 aromatic carbocycles. The zero-order chi connectivity index (χ0) is 43.2. The number of aryl methyl sites for hydroxylation is 2. The standard InChI is InChI=1S/C63H42N2/c1-39-13-10-14-42-29-30-44-16-12-24-56(63(44)59(39)42)55-23-11-15-43-31-32-47-37-46(33-35-50(47)60(43)55)41-25-27-45(28-26-41)61-51-19-6-8-21-53(51)62(54-22-9-7-20-52(54)61)48-34-36-58-57(38-48)64-40(2)65(58)49-17-4-3-5-18-49/h3-38H,1-2H3. The molecule has 13 rings (SSSR count). The molecule has 1 heterocycles. The molecule has 0 aliphatic heterocycles. The molecule has 0 atom stereocenters. The number of nitrogens with zero attached hydrogens (tertiary/aromatic N) is 2. The number of fused-ring (bicyclic) bond motifs is 9. The quantitative estimate of drug-likeness (QED) is 0.125. The molecule has 0 unspecified atom stereocenters. The van der Waals surface area contributed by atoms with Crippen molar-refractivity contribution in [3.63, 3.8) is 0 Å². The lowest BCUT2D eigenvalue weighted by atomic mass is 9.85. The van der Waals surface area contributed by atoms with Crippen LogP contribution in [-0.2, 0) is 0 Å². The lowest BCUT2D eigenvalue weighted by Gasteiger charge is -2.18. The zero-order valence-corrected chi connectivity index (χ0v) is 36.2. The average Bonchev–Trinajstić information content (AvgIpc) is 3.70. The van der Waals surface area contributed by atoms with Crippen LogP contribution in [0.2, 0.25) is 0 Å². The van der Waals surface area contributed by atoms with Crippen LogP contribution in [0.1, 0.15) is 11.4 Å². The van der Waals surface area contributed by atoms with Crippen molar-refractivity contribution in [2.75, 3.05) is 0 Å². The largest absolute Gasteiger partial charge is 0.297 e. The minimum atomic E-state index is 0.976. The number of hydrogen-bond donors (Lipinski definition) is 0. The molecule has 0 amide bonds. The van der Waals surface area contributed by atoms with Crippen molar-refractivity contribution in [2.24, 2.45) is 0 Å². The summed E-state index contributed by atoms with van der Waals surface area (Å²) < 4.78 is 2.24. The van der Waals surface area contributed by atoms with Gasteiger partial charge in [0.2, 0.25) is 0 Å². The Hall–Kier alpha value is -8.33. The summed E-state index contributed by atoms with van der Waals surface area (Å²) in [4.78, 5) is 5.06. The molecule has 0 N–H and O–H groups in total. The van der Waals surface area contributed by atoms with E-state index >= 15 is 0 Å². The van der Waals surface area contributed by atoms with Crippen LogP contribution in [0.25, 0.3) is 126 Å². The van der Waals surface area contributed by atoms with Gasteiger partial charge in [-0.3, -0.25) is 4.57 Å². The van der Waals surface area contributed by atoms with Gasteiger partial charge in [0.05, 0.1) is 11.0 Å². The molecular weight excluding hydrogens is 785 g/mol. The van der Waals surface area contributed by atoms with E-state index in [1.54, 1.807) is 0 Å². The fraction of sp³-hybridized carbons (Fsp3) is 0.0317. The highest BCUT2D eigenvalue weighted by Crippen LogP contribution is 2.46. The Labute approximate surface area is 377 Å². The van der Waals surface area contributed by atoms with Crippen molar-refractivity contribution in [3.8, 4) is 50.2 Å². The van der Waals surface area contributed by atoms with E-state index in [1.807, 2.05) is 0 Å². The Morgan fingerprint density at radius 2 is 0.862 bits per heavy atom. The summed E-state index contributed by atoms with van der Waals surface area (Å²) in [5, 5.41) is 15.2. The second kappa shape index (κ2) is 14.6.